The number of carbonyl (C=O) groups is 1. The maximum atomic E-state index is 11.4. The predicted octanol–water partition coefficient (Wildman–Crippen LogP) is 1.42. The van der Waals surface area contributed by atoms with Crippen molar-refractivity contribution in [1.82, 2.24) is 5.06 Å². The van der Waals surface area contributed by atoms with E-state index in [0.717, 1.165) is 5.06 Å². The quantitative estimate of drug-likeness (QED) is 0.612. The van der Waals surface area contributed by atoms with E-state index in [4.69, 9.17) is 4.84 Å². The molecule has 0 aliphatic rings. The van der Waals surface area contributed by atoms with Crippen LogP contribution in [0.2, 0.25) is 0 Å². The van der Waals surface area contributed by atoms with Crippen LogP contribution in [-0.4, -0.2) is 36.6 Å². The molecule has 18 heavy (non-hydrogen) atoms. The second-order valence-electron chi connectivity index (χ2n) is 3.52. The van der Waals surface area contributed by atoms with Crippen molar-refractivity contribution < 1.29 is 14.6 Å². The Bertz CT molecular complexity index is 436. The summed E-state index contributed by atoms with van der Waals surface area (Å²) < 4.78 is 0. The molecule has 7 nitrogen and oxygen atoms in total. The molecule has 1 aromatic rings. The van der Waals surface area contributed by atoms with Crippen molar-refractivity contribution in [3.63, 3.8) is 0 Å². The van der Waals surface area contributed by atoms with Gasteiger partial charge in [0.05, 0.1) is 12.0 Å². The number of nitrogens with zero attached hydrogens (tertiary/aromatic N) is 2. The summed E-state index contributed by atoms with van der Waals surface area (Å²) in [7, 11) is 2.90. The summed E-state index contributed by atoms with van der Waals surface area (Å²) in [5, 5.41) is 14.7. The van der Waals surface area contributed by atoms with Crippen LogP contribution in [-0.2, 0) is 9.63 Å². The molecule has 0 aliphatic heterocycles. The molecule has 1 amide bonds. The molecule has 0 heterocycles. The third kappa shape index (κ3) is 3.70. The number of nitrogens with one attached hydrogen (secondary N) is 1. The van der Waals surface area contributed by atoms with Crippen molar-refractivity contribution in [2.75, 3.05) is 26.0 Å². The van der Waals surface area contributed by atoms with E-state index in [-0.39, 0.29) is 18.0 Å². The van der Waals surface area contributed by atoms with Gasteiger partial charge < -0.3 is 5.32 Å². The number of carbonyl (C=O) groups excluding carboxylic acids is 1. The second kappa shape index (κ2) is 6.55. The minimum atomic E-state index is -0.467. The van der Waals surface area contributed by atoms with Gasteiger partial charge in [0.2, 0.25) is 5.91 Å². The maximum absolute atomic E-state index is 11.4. The number of nitro benzene ring substituents is 1. The molecule has 98 valence electrons. The molecule has 0 saturated carbocycles. The molecular weight excluding hydrogens is 238 g/mol. The molecule has 0 unspecified atom stereocenters. The average molecular weight is 253 g/mol. The van der Waals surface area contributed by atoms with Crippen LogP contribution in [0.25, 0.3) is 0 Å². The molecule has 0 radical (unpaired) electrons. The van der Waals surface area contributed by atoms with E-state index in [2.05, 4.69) is 5.32 Å². The smallest absolute Gasteiger partial charge is 0.292 e. The van der Waals surface area contributed by atoms with Gasteiger partial charge in [-0.2, -0.15) is 0 Å². The molecule has 0 spiro atoms. The molecule has 1 rings (SSSR count). The first-order valence-corrected chi connectivity index (χ1v) is 5.34. The van der Waals surface area contributed by atoms with Crippen molar-refractivity contribution in [2.45, 2.75) is 6.42 Å². The van der Waals surface area contributed by atoms with E-state index >= 15 is 0 Å². The Hall–Kier alpha value is -2.15. The van der Waals surface area contributed by atoms with Crippen molar-refractivity contribution in [3.05, 3.63) is 34.4 Å². The van der Waals surface area contributed by atoms with Crippen LogP contribution < -0.4 is 5.32 Å². The molecule has 7 heteroatoms. The van der Waals surface area contributed by atoms with Crippen LogP contribution in [0.15, 0.2) is 24.3 Å². The normalized spacial score (nSPS) is 9.89. The van der Waals surface area contributed by atoms with Crippen LogP contribution in [0.1, 0.15) is 6.42 Å². The second-order valence-corrected chi connectivity index (χ2v) is 3.52. The first-order chi connectivity index (χ1) is 8.56. The van der Waals surface area contributed by atoms with E-state index in [1.54, 1.807) is 18.2 Å². The number of hydrogen-bond acceptors (Lipinski definition) is 5. The lowest BCUT2D eigenvalue weighted by molar-refractivity contribution is -0.384. The summed E-state index contributed by atoms with van der Waals surface area (Å²) in [6.07, 6.45) is 0.191. The minimum Gasteiger partial charge on any atom is -0.379 e. The third-order valence-electron chi connectivity index (χ3n) is 2.38. The summed E-state index contributed by atoms with van der Waals surface area (Å²) >= 11 is 0. The van der Waals surface area contributed by atoms with Gasteiger partial charge in [0.25, 0.3) is 5.69 Å². The Morgan fingerprint density at radius 3 is 2.78 bits per heavy atom. The van der Waals surface area contributed by atoms with Crippen molar-refractivity contribution in [2.24, 2.45) is 0 Å². The lowest BCUT2D eigenvalue weighted by Crippen LogP contribution is -2.27. The minimum absolute atomic E-state index is 0.00922. The lowest BCUT2D eigenvalue weighted by atomic mass is 10.2. The number of rotatable bonds is 6. The van der Waals surface area contributed by atoms with Crippen molar-refractivity contribution in [3.8, 4) is 0 Å². The number of anilines is 1. The number of amides is 1. The van der Waals surface area contributed by atoms with Crippen LogP contribution in [0.3, 0.4) is 0 Å². The fourth-order valence-electron chi connectivity index (χ4n) is 1.35. The van der Waals surface area contributed by atoms with Gasteiger partial charge in [0, 0.05) is 26.1 Å². The highest BCUT2D eigenvalue weighted by Gasteiger charge is 2.12. The summed E-state index contributed by atoms with van der Waals surface area (Å²) in [6.45, 7) is 0.303. The largest absolute Gasteiger partial charge is 0.379 e. The zero-order valence-electron chi connectivity index (χ0n) is 10.3. The highest BCUT2D eigenvalue weighted by molar-refractivity contribution is 5.75. The zero-order valence-corrected chi connectivity index (χ0v) is 10.3. The standard InChI is InChI=1S/C11H15N3O4/c1-13(18-2)11(15)7-8-12-9-5-3-4-6-10(9)14(16)17/h3-6,12H,7-8H2,1-2H3. The number of hydrogen-bond donors (Lipinski definition) is 1. The number of nitro groups is 1. The summed E-state index contributed by atoms with van der Waals surface area (Å²) in [5.74, 6) is -0.205. The van der Waals surface area contributed by atoms with Gasteiger partial charge in [-0.15, -0.1) is 0 Å². The Balaban J connectivity index is 2.54. The Morgan fingerprint density at radius 2 is 2.17 bits per heavy atom. The molecule has 0 aliphatic carbocycles. The Labute approximate surface area is 104 Å². The van der Waals surface area contributed by atoms with Crippen molar-refractivity contribution >= 4 is 17.3 Å². The topological polar surface area (TPSA) is 84.7 Å². The van der Waals surface area contributed by atoms with Crippen LogP contribution >= 0.6 is 0 Å². The predicted molar refractivity (Wildman–Crippen MR) is 66.0 cm³/mol. The van der Waals surface area contributed by atoms with E-state index in [1.807, 2.05) is 0 Å². The van der Waals surface area contributed by atoms with E-state index < -0.39 is 4.92 Å². The van der Waals surface area contributed by atoms with Gasteiger partial charge in [-0.25, -0.2) is 5.06 Å². The summed E-state index contributed by atoms with van der Waals surface area (Å²) in [6, 6.07) is 6.29. The first-order valence-electron chi connectivity index (χ1n) is 5.34. The fraction of sp³-hybridized carbons (Fsp3) is 0.364. The molecule has 0 aromatic heterocycles. The van der Waals surface area contributed by atoms with Crippen LogP contribution in [0.5, 0.6) is 0 Å². The monoisotopic (exact) mass is 253 g/mol. The van der Waals surface area contributed by atoms with Gasteiger partial charge in [0.15, 0.2) is 0 Å². The molecule has 0 fully saturated rings. The first kappa shape index (κ1) is 13.9. The van der Waals surface area contributed by atoms with Gasteiger partial charge in [-0.1, -0.05) is 12.1 Å². The third-order valence-corrected chi connectivity index (χ3v) is 2.38. The number of hydroxylamine groups is 2. The fourth-order valence-corrected chi connectivity index (χ4v) is 1.35. The maximum Gasteiger partial charge on any atom is 0.292 e. The Morgan fingerprint density at radius 1 is 1.50 bits per heavy atom. The number of para-hydroxylation sites is 2. The molecular formula is C11H15N3O4. The molecule has 1 aromatic carbocycles. The molecule has 0 saturated heterocycles. The average Bonchev–Trinajstić information content (AvgIpc) is 2.38. The Kier molecular flexibility index (Phi) is 5.06. The van der Waals surface area contributed by atoms with Crippen LogP contribution in [0.4, 0.5) is 11.4 Å². The van der Waals surface area contributed by atoms with Crippen molar-refractivity contribution in [1.29, 1.82) is 0 Å². The van der Waals surface area contributed by atoms with E-state index in [9.17, 15) is 14.9 Å². The SMILES string of the molecule is CON(C)C(=O)CCNc1ccccc1[N+](=O)[O-]. The van der Waals surface area contributed by atoms with E-state index in [1.165, 1.54) is 20.2 Å². The highest BCUT2D eigenvalue weighted by Crippen LogP contribution is 2.22. The van der Waals surface area contributed by atoms with Gasteiger partial charge in [-0.05, 0) is 6.07 Å². The molecule has 0 bridgehead atoms. The summed E-state index contributed by atoms with van der Waals surface area (Å²) in [5.41, 5.74) is 0.389. The van der Waals surface area contributed by atoms with E-state index in [0.29, 0.717) is 12.2 Å². The van der Waals surface area contributed by atoms with Gasteiger partial charge in [0.1, 0.15) is 5.69 Å². The highest BCUT2D eigenvalue weighted by atomic mass is 16.7. The number of benzene rings is 1. The lowest BCUT2D eigenvalue weighted by Gasteiger charge is -2.13. The van der Waals surface area contributed by atoms with Gasteiger partial charge >= 0.3 is 0 Å². The van der Waals surface area contributed by atoms with Gasteiger partial charge in [-0.3, -0.25) is 19.7 Å². The summed E-state index contributed by atoms with van der Waals surface area (Å²) in [4.78, 5) is 26.4. The molecule has 1 N–H and O–H groups in total. The van der Waals surface area contributed by atoms with Crippen LogP contribution in [0, 0.1) is 10.1 Å². The molecule has 0 atom stereocenters. The zero-order chi connectivity index (χ0) is 13.5.